The molecular weight excluding hydrogens is 359 g/mol. The highest BCUT2D eigenvalue weighted by atomic mass is 31.2. The molecule has 0 spiro atoms. The number of nitriles is 1. The van der Waals surface area contributed by atoms with Crippen LogP contribution in [-0.2, 0) is 9.05 Å². The van der Waals surface area contributed by atoms with E-state index < -0.39 is 19.4 Å². The van der Waals surface area contributed by atoms with E-state index in [1.807, 2.05) is 13.0 Å². The molecule has 1 aromatic rings. The summed E-state index contributed by atoms with van der Waals surface area (Å²) in [6.07, 6.45) is 1.49. The largest absolute Gasteiger partial charge is 0.493 e. The topological polar surface area (TPSA) is 104 Å². The average Bonchev–Trinajstić information content (AvgIpc) is 2.61. The van der Waals surface area contributed by atoms with Crippen LogP contribution >= 0.6 is 8.38 Å². The summed E-state index contributed by atoms with van der Waals surface area (Å²) in [5.74, 6) is 0.760. The summed E-state index contributed by atoms with van der Waals surface area (Å²) < 4.78 is 22.1. The highest BCUT2D eigenvalue weighted by Crippen LogP contribution is 2.44. The molecule has 0 saturated carbocycles. The Balaban J connectivity index is 3.01. The molecule has 2 unspecified atom stereocenters. The maximum absolute atomic E-state index is 11.5. The first-order valence-electron chi connectivity index (χ1n) is 8.34. The molecule has 0 aromatic heterocycles. The molecule has 2 atom stereocenters. The van der Waals surface area contributed by atoms with Crippen molar-refractivity contribution in [2.45, 2.75) is 39.2 Å². The highest BCUT2D eigenvalue weighted by Gasteiger charge is 2.25. The van der Waals surface area contributed by atoms with Gasteiger partial charge in [0.25, 0.3) is 5.69 Å². The van der Waals surface area contributed by atoms with Gasteiger partial charge in [-0.25, -0.2) is 0 Å². The molecule has 0 aliphatic heterocycles. The Bertz CT molecular complexity index is 634. The number of nitrogens with zero attached hydrogens (tertiary/aromatic N) is 2. The second kappa shape index (κ2) is 11.6. The molecule has 0 radical (unpaired) electrons. The Hall–Kier alpha value is -1.94. The highest BCUT2D eigenvalue weighted by molar-refractivity contribution is 7.46. The predicted octanol–water partition coefficient (Wildman–Crippen LogP) is 4.73. The van der Waals surface area contributed by atoms with Crippen LogP contribution in [-0.4, -0.2) is 31.9 Å². The van der Waals surface area contributed by atoms with Gasteiger partial charge in [0.05, 0.1) is 55.5 Å². The van der Waals surface area contributed by atoms with Crippen LogP contribution in [0.15, 0.2) is 12.1 Å². The average molecular weight is 384 g/mol. The van der Waals surface area contributed by atoms with Crippen molar-refractivity contribution in [2.75, 3.05) is 27.0 Å². The van der Waals surface area contributed by atoms with Crippen LogP contribution in [0.4, 0.5) is 5.69 Å². The second-order valence-electron chi connectivity index (χ2n) is 5.45. The van der Waals surface area contributed by atoms with Gasteiger partial charge >= 0.3 is 0 Å². The fraction of sp³-hybridized carbons (Fsp3) is 0.588. The lowest BCUT2D eigenvalue weighted by molar-refractivity contribution is -0.386. The van der Waals surface area contributed by atoms with Crippen molar-refractivity contribution in [3.05, 3.63) is 27.8 Å². The number of benzene rings is 1. The number of ether oxygens (including phenoxy) is 2. The van der Waals surface area contributed by atoms with Gasteiger partial charge in [0.2, 0.25) is 0 Å². The zero-order valence-corrected chi connectivity index (χ0v) is 16.5. The molecule has 8 nitrogen and oxygen atoms in total. The van der Waals surface area contributed by atoms with E-state index in [1.54, 1.807) is 19.7 Å². The van der Waals surface area contributed by atoms with Crippen molar-refractivity contribution in [2.24, 2.45) is 0 Å². The molecule has 9 heteroatoms. The number of hydrogen-bond donors (Lipinski definition) is 0. The van der Waals surface area contributed by atoms with Gasteiger partial charge in [0.1, 0.15) is 0 Å². The van der Waals surface area contributed by atoms with Crippen LogP contribution in [0.25, 0.3) is 0 Å². The van der Waals surface area contributed by atoms with Crippen molar-refractivity contribution < 1.29 is 23.4 Å². The maximum Gasteiger partial charge on any atom is 0.279 e. The number of unbranched alkanes of at least 4 members (excludes halogenated alkanes) is 1. The van der Waals surface area contributed by atoms with Gasteiger partial charge in [0.15, 0.2) is 19.9 Å². The van der Waals surface area contributed by atoms with Crippen LogP contribution in [0.1, 0.15) is 44.8 Å². The standard InChI is InChI=1S/C17H25N2O6P/c1-5-6-9-23-17-12-15(19(20)21)14(11-16(17)22-3)13(2)25-26(4)24-10-7-8-18/h11-13H,5-7,9-10H2,1-4H3. The molecule has 0 bridgehead atoms. The van der Waals surface area contributed by atoms with Crippen molar-refractivity contribution in [1.29, 1.82) is 5.26 Å². The molecule has 0 heterocycles. The summed E-state index contributed by atoms with van der Waals surface area (Å²) in [4.78, 5) is 11.0. The van der Waals surface area contributed by atoms with Crippen LogP contribution in [0.2, 0.25) is 0 Å². The first-order valence-corrected chi connectivity index (χ1v) is 9.96. The lowest BCUT2D eigenvalue weighted by atomic mass is 10.1. The quantitative estimate of drug-likeness (QED) is 0.222. The maximum atomic E-state index is 11.5. The lowest BCUT2D eigenvalue weighted by Crippen LogP contribution is -2.06. The van der Waals surface area contributed by atoms with E-state index in [0.717, 1.165) is 12.8 Å². The van der Waals surface area contributed by atoms with Gasteiger partial charge in [0, 0.05) is 6.66 Å². The van der Waals surface area contributed by atoms with Gasteiger partial charge in [-0.15, -0.1) is 0 Å². The first-order chi connectivity index (χ1) is 12.4. The summed E-state index contributed by atoms with van der Waals surface area (Å²) in [5.41, 5.74) is 0.290. The van der Waals surface area contributed by atoms with Gasteiger partial charge < -0.3 is 18.5 Å². The molecule has 0 saturated heterocycles. The summed E-state index contributed by atoms with van der Waals surface area (Å²) in [7, 11) is 0.221. The summed E-state index contributed by atoms with van der Waals surface area (Å²) >= 11 is 0. The van der Waals surface area contributed by atoms with E-state index >= 15 is 0 Å². The normalized spacial score (nSPS) is 12.9. The summed E-state index contributed by atoms with van der Waals surface area (Å²) in [5, 5.41) is 20.0. The SMILES string of the molecule is CCCCOc1cc([N+](=O)[O-])c(C(C)OP(C)OCCC#N)cc1OC. The fourth-order valence-corrected chi connectivity index (χ4v) is 3.15. The second-order valence-corrected chi connectivity index (χ2v) is 6.80. The molecule has 0 fully saturated rings. The van der Waals surface area contributed by atoms with Crippen molar-refractivity contribution >= 4 is 14.1 Å². The zero-order chi connectivity index (χ0) is 19.5. The van der Waals surface area contributed by atoms with Gasteiger partial charge in [-0.1, -0.05) is 13.3 Å². The van der Waals surface area contributed by atoms with E-state index in [2.05, 4.69) is 0 Å². The Labute approximate surface area is 155 Å². The molecule has 0 aliphatic rings. The Morgan fingerprint density at radius 2 is 2.08 bits per heavy atom. The minimum absolute atomic E-state index is 0.0924. The summed E-state index contributed by atoms with van der Waals surface area (Å²) in [6.45, 7) is 6.22. The van der Waals surface area contributed by atoms with Gasteiger partial charge in [-0.05, 0) is 19.4 Å². The molecule has 0 aliphatic carbocycles. The lowest BCUT2D eigenvalue weighted by Gasteiger charge is -2.20. The van der Waals surface area contributed by atoms with Gasteiger partial charge in [-0.3, -0.25) is 10.1 Å². The molecule has 144 valence electrons. The number of methoxy groups -OCH3 is 1. The molecule has 1 rings (SSSR count). The number of nitro groups is 1. The first kappa shape index (κ1) is 22.1. The zero-order valence-electron chi connectivity index (χ0n) is 15.6. The molecule has 1 aromatic carbocycles. The van der Waals surface area contributed by atoms with Crippen molar-refractivity contribution in [1.82, 2.24) is 0 Å². The third kappa shape index (κ3) is 6.75. The third-order valence-electron chi connectivity index (χ3n) is 3.50. The van der Waals surface area contributed by atoms with E-state index in [4.69, 9.17) is 23.8 Å². The molecular formula is C17H25N2O6P. The number of nitro benzene ring substituents is 1. The van der Waals surface area contributed by atoms with Crippen LogP contribution in [0, 0.1) is 21.4 Å². The molecule has 26 heavy (non-hydrogen) atoms. The number of hydrogen-bond acceptors (Lipinski definition) is 7. The van der Waals surface area contributed by atoms with Gasteiger partial charge in [-0.2, -0.15) is 5.26 Å². The minimum atomic E-state index is -1.27. The van der Waals surface area contributed by atoms with Crippen LogP contribution in [0.3, 0.4) is 0 Å². The predicted molar refractivity (Wildman–Crippen MR) is 98.6 cm³/mol. The third-order valence-corrected chi connectivity index (χ3v) is 4.66. The molecule has 0 amide bonds. The Kier molecular flexibility index (Phi) is 9.89. The van der Waals surface area contributed by atoms with E-state index in [9.17, 15) is 10.1 Å². The minimum Gasteiger partial charge on any atom is -0.493 e. The number of rotatable bonds is 12. The monoisotopic (exact) mass is 384 g/mol. The summed E-state index contributed by atoms with van der Waals surface area (Å²) in [6, 6.07) is 4.93. The smallest absolute Gasteiger partial charge is 0.279 e. The van der Waals surface area contributed by atoms with E-state index in [-0.39, 0.29) is 18.7 Å². The van der Waals surface area contributed by atoms with Crippen LogP contribution < -0.4 is 9.47 Å². The fourth-order valence-electron chi connectivity index (χ4n) is 2.18. The van der Waals surface area contributed by atoms with E-state index in [1.165, 1.54) is 13.2 Å². The Morgan fingerprint density at radius 1 is 1.35 bits per heavy atom. The van der Waals surface area contributed by atoms with Crippen molar-refractivity contribution in [3.63, 3.8) is 0 Å². The Morgan fingerprint density at radius 3 is 2.65 bits per heavy atom. The van der Waals surface area contributed by atoms with Crippen LogP contribution in [0.5, 0.6) is 11.5 Å². The van der Waals surface area contributed by atoms with Crippen molar-refractivity contribution in [3.8, 4) is 17.6 Å². The van der Waals surface area contributed by atoms with E-state index in [0.29, 0.717) is 23.7 Å². The molecule has 0 N–H and O–H groups in total.